The molecule has 0 saturated heterocycles. The molecule has 5 heteroatoms. The maximum atomic E-state index is 12.9. The number of likely N-dealkylation sites (N-methyl/N-ethyl adjacent to an activating group) is 1. The lowest BCUT2D eigenvalue weighted by Gasteiger charge is -2.23. The van der Waals surface area contributed by atoms with E-state index in [0.29, 0.717) is 6.54 Å². The van der Waals surface area contributed by atoms with E-state index in [4.69, 9.17) is 0 Å². The number of carbonyl (C=O) groups excluding carboxylic acids is 1. The third-order valence-electron chi connectivity index (χ3n) is 5.30. The zero-order valence-electron chi connectivity index (χ0n) is 16.6. The minimum Gasteiger partial charge on any atom is -0.311 e. The summed E-state index contributed by atoms with van der Waals surface area (Å²) in [6.45, 7) is 6.09. The van der Waals surface area contributed by atoms with Gasteiger partial charge >= 0.3 is 0 Å². The fourth-order valence-electron chi connectivity index (χ4n) is 3.77. The number of aromatic nitrogens is 1. The van der Waals surface area contributed by atoms with Crippen LogP contribution in [0.4, 0.5) is 5.69 Å². The van der Waals surface area contributed by atoms with Crippen LogP contribution in [0.25, 0.3) is 11.3 Å². The van der Waals surface area contributed by atoms with Gasteiger partial charge in [0.2, 0.25) is 5.91 Å². The molecule has 3 aromatic rings. The van der Waals surface area contributed by atoms with Crippen LogP contribution in [-0.4, -0.2) is 35.9 Å². The number of aryl methyl sites for hydroxylation is 2. The number of carbonyl (C=O) groups is 1. The number of hydrogen-bond acceptors (Lipinski definition) is 4. The summed E-state index contributed by atoms with van der Waals surface area (Å²) >= 11 is 1.67. The third-order valence-corrected chi connectivity index (χ3v) is 6.07. The third kappa shape index (κ3) is 3.86. The Morgan fingerprint density at radius 2 is 2.04 bits per heavy atom. The molecule has 1 aromatic heterocycles. The van der Waals surface area contributed by atoms with Crippen LogP contribution in [0.5, 0.6) is 0 Å². The molecule has 0 aliphatic carbocycles. The Labute approximate surface area is 170 Å². The first-order chi connectivity index (χ1) is 13.5. The van der Waals surface area contributed by atoms with E-state index < -0.39 is 0 Å². The molecule has 28 heavy (non-hydrogen) atoms. The predicted octanol–water partition coefficient (Wildman–Crippen LogP) is 4.45. The normalized spacial score (nSPS) is 13.2. The number of anilines is 1. The molecule has 0 radical (unpaired) electrons. The number of benzene rings is 2. The van der Waals surface area contributed by atoms with Crippen LogP contribution in [-0.2, 0) is 17.8 Å². The lowest BCUT2D eigenvalue weighted by atomic mass is 10.1. The minimum absolute atomic E-state index is 0.159. The van der Waals surface area contributed by atoms with Crippen LogP contribution < -0.4 is 4.90 Å². The largest absolute Gasteiger partial charge is 0.311 e. The molecule has 144 valence electrons. The van der Waals surface area contributed by atoms with E-state index in [9.17, 15) is 4.79 Å². The van der Waals surface area contributed by atoms with E-state index in [2.05, 4.69) is 58.6 Å². The molecule has 0 bridgehead atoms. The van der Waals surface area contributed by atoms with Crippen molar-refractivity contribution in [2.75, 3.05) is 25.0 Å². The number of fused-ring (bicyclic) bond motifs is 1. The number of amides is 1. The van der Waals surface area contributed by atoms with Gasteiger partial charge in [-0.1, -0.05) is 30.3 Å². The number of hydrogen-bond donors (Lipinski definition) is 0. The van der Waals surface area contributed by atoms with Crippen LogP contribution in [0, 0.1) is 13.8 Å². The van der Waals surface area contributed by atoms with Crippen molar-refractivity contribution in [1.82, 2.24) is 9.88 Å². The molecule has 1 aliphatic heterocycles. The van der Waals surface area contributed by atoms with Crippen molar-refractivity contribution in [1.29, 1.82) is 0 Å². The highest BCUT2D eigenvalue weighted by Gasteiger charge is 2.25. The van der Waals surface area contributed by atoms with Crippen molar-refractivity contribution in [2.45, 2.75) is 26.8 Å². The molecule has 1 aliphatic rings. The highest BCUT2D eigenvalue weighted by atomic mass is 32.1. The van der Waals surface area contributed by atoms with Gasteiger partial charge in [-0.15, -0.1) is 11.3 Å². The SMILES string of the molecule is Cc1nc(-c2ccc3c(c2)CCN3C(=O)CN(C)Cc2ccccc2C)cs1. The van der Waals surface area contributed by atoms with E-state index >= 15 is 0 Å². The Morgan fingerprint density at radius 1 is 1.21 bits per heavy atom. The van der Waals surface area contributed by atoms with Crippen LogP contribution in [0.2, 0.25) is 0 Å². The molecule has 1 amide bonds. The molecule has 0 unspecified atom stereocenters. The number of rotatable bonds is 5. The summed E-state index contributed by atoms with van der Waals surface area (Å²) in [5, 5.41) is 3.17. The van der Waals surface area contributed by atoms with Gasteiger partial charge in [0.1, 0.15) is 0 Å². The molecular weight excluding hydrogens is 366 g/mol. The van der Waals surface area contributed by atoms with E-state index in [1.165, 1.54) is 16.7 Å². The summed E-state index contributed by atoms with van der Waals surface area (Å²) < 4.78 is 0. The summed E-state index contributed by atoms with van der Waals surface area (Å²) in [6.07, 6.45) is 0.902. The first-order valence-electron chi connectivity index (χ1n) is 9.60. The summed E-state index contributed by atoms with van der Waals surface area (Å²) in [4.78, 5) is 21.5. The molecule has 4 nitrogen and oxygen atoms in total. The van der Waals surface area contributed by atoms with E-state index in [0.717, 1.165) is 41.5 Å². The maximum Gasteiger partial charge on any atom is 0.241 e. The average molecular weight is 392 g/mol. The highest BCUT2D eigenvalue weighted by Crippen LogP contribution is 2.32. The lowest BCUT2D eigenvalue weighted by molar-refractivity contribution is -0.119. The molecule has 4 rings (SSSR count). The summed E-state index contributed by atoms with van der Waals surface area (Å²) in [6, 6.07) is 14.7. The summed E-state index contributed by atoms with van der Waals surface area (Å²) in [5.41, 5.74) is 6.96. The maximum absolute atomic E-state index is 12.9. The molecule has 0 saturated carbocycles. The van der Waals surface area contributed by atoms with Gasteiger partial charge in [-0.05, 0) is 56.1 Å². The standard InChI is InChI=1S/C23H25N3OS/c1-16-6-4-5-7-20(16)13-25(3)14-23(27)26-11-10-19-12-18(8-9-22(19)26)21-15-28-17(2)24-21/h4-9,12,15H,10-11,13-14H2,1-3H3. The van der Waals surface area contributed by atoms with Gasteiger partial charge < -0.3 is 4.90 Å². The van der Waals surface area contributed by atoms with Gasteiger partial charge in [-0.2, -0.15) is 0 Å². The number of thiazole rings is 1. The topological polar surface area (TPSA) is 36.4 Å². The first kappa shape index (κ1) is 18.8. The molecular formula is C23H25N3OS. The summed E-state index contributed by atoms with van der Waals surface area (Å²) in [7, 11) is 2.01. The molecule has 0 N–H and O–H groups in total. The molecule has 2 aromatic carbocycles. The van der Waals surface area contributed by atoms with Gasteiger partial charge in [-0.25, -0.2) is 4.98 Å². The monoisotopic (exact) mass is 391 g/mol. The van der Waals surface area contributed by atoms with Crippen molar-refractivity contribution in [3.8, 4) is 11.3 Å². The predicted molar refractivity (Wildman–Crippen MR) is 116 cm³/mol. The van der Waals surface area contributed by atoms with Crippen LogP contribution >= 0.6 is 11.3 Å². The first-order valence-corrected chi connectivity index (χ1v) is 10.5. The number of nitrogens with zero attached hydrogens (tertiary/aromatic N) is 3. The molecule has 0 atom stereocenters. The smallest absolute Gasteiger partial charge is 0.241 e. The Kier molecular flexibility index (Phi) is 5.29. The van der Waals surface area contributed by atoms with Gasteiger partial charge in [0, 0.05) is 29.7 Å². The Bertz CT molecular complexity index is 1010. The molecule has 0 spiro atoms. The highest BCUT2D eigenvalue weighted by molar-refractivity contribution is 7.09. The lowest BCUT2D eigenvalue weighted by Crippen LogP contribution is -2.37. The molecule has 0 fully saturated rings. The Morgan fingerprint density at radius 3 is 2.79 bits per heavy atom. The minimum atomic E-state index is 0.159. The zero-order valence-corrected chi connectivity index (χ0v) is 17.4. The van der Waals surface area contributed by atoms with Crippen molar-refractivity contribution in [3.63, 3.8) is 0 Å². The van der Waals surface area contributed by atoms with Crippen molar-refractivity contribution in [3.05, 3.63) is 69.5 Å². The Balaban J connectivity index is 1.45. The summed E-state index contributed by atoms with van der Waals surface area (Å²) in [5.74, 6) is 0.159. The second-order valence-electron chi connectivity index (χ2n) is 7.49. The van der Waals surface area contributed by atoms with E-state index in [1.807, 2.05) is 24.9 Å². The second kappa shape index (κ2) is 7.86. The Hall–Kier alpha value is -2.50. The second-order valence-corrected chi connectivity index (χ2v) is 8.55. The average Bonchev–Trinajstić information content (AvgIpc) is 3.29. The van der Waals surface area contributed by atoms with Crippen molar-refractivity contribution >= 4 is 22.9 Å². The fraction of sp³-hybridized carbons (Fsp3) is 0.304. The van der Waals surface area contributed by atoms with Crippen LogP contribution in [0.1, 0.15) is 21.7 Å². The van der Waals surface area contributed by atoms with Crippen molar-refractivity contribution in [2.24, 2.45) is 0 Å². The van der Waals surface area contributed by atoms with Gasteiger partial charge in [-0.3, -0.25) is 9.69 Å². The van der Waals surface area contributed by atoms with Crippen LogP contribution in [0.15, 0.2) is 47.8 Å². The van der Waals surface area contributed by atoms with Crippen LogP contribution in [0.3, 0.4) is 0 Å². The van der Waals surface area contributed by atoms with Gasteiger partial charge in [0.05, 0.1) is 17.2 Å². The molecule has 2 heterocycles. The van der Waals surface area contributed by atoms with Gasteiger partial charge in [0.15, 0.2) is 0 Å². The quantitative estimate of drug-likeness (QED) is 0.645. The van der Waals surface area contributed by atoms with E-state index in [-0.39, 0.29) is 5.91 Å². The zero-order chi connectivity index (χ0) is 19.7. The van der Waals surface area contributed by atoms with Gasteiger partial charge in [0.25, 0.3) is 0 Å². The fourth-order valence-corrected chi connectivity index (χ4v) is 4.39. The van der Waals surface area contributed by atoms with E-state index in [1.54, 1.807) is 11.3 Å². The van der Waals surface area contributed by atoms with Crippen molar-refractivity contribution < 1.29 is 4.79 Å².